The lowest BCUT2D eigenvalue weighted by Gasteiger charge is -2.01. The number of nitrogens with zero attached hydrogens (tertiary/aromatic N) is 1. The Kier molecular flexibility index (Phi) is 34.5. The monoisotopic (exact) mass is 964 g/mol. The largest absolute Gasteiger partial charge is 0.507 e. The Bertz CT molecular complexity index is 1540. The smallest absolute Gasteiger partial charge is 0.341 e. The second-order valence-corrected chi connectivity index (χ2v) is 12.5. The fourth-order valence-electron chi connectivity index (χ4n) is 2.32. The Morgan fingerprint density at radius 1 is 0.776 bits per heavy atom. The van der Waals surface area contributed by atoms with Gasteiger partial charge in [-0.2, -0.15) is 4.99 Å². The molecular weight excluding hydrogens is 934 g/mol. The number of amides is 1. The maximum Gasteiger partial charge on any atom is 0.341 e. The zero-order valence-electron chi connectivity index (χ0n) is 24.4. The van der Waals surface area contributed by atoms with Crippen LogP contribution >= 0.6 is 81.6 Å². The molecule has 23 heteroatoms. The van der Waals surface area contributed by atoms with Crippen molar-refractivity contribution in [2.75, 3.05) is 14.2 Å². The number of guanidine groups is 2. The van der Waals surface area contributed by atoms with Crippen LogP contribution < -0.4 is 22.9 Å². The Hall–Kier alpha value is -3.37. The van der Waals surface area contributed by atoms with Crippen molar-refractivity contribution < 1.29 is 48.9 Å². The average Bonchev–Trinajstić information content (AvgIpc) is 2.97. The van der Waals surface area contributed by atoms with Gasteiger partial charge in [0.15, 0.2) is 11.9 Å². The molecule has 0 unspecified atom stereocenters. The number of ether oxygens (including phenoxy) is 1. The molecule has 0 bridgehead atoms. The van der Waals surface area contributed by atoms with Crippen LogP contribution in [0.2, 0.25) is 0 Å². The summed E-state index contributed by atoms with van der Waals surface area (Å²) in [5.74, 6) is -3.50. The fourth-order valence-corrected chi connectivity index (χ4v) is 3.40. The van der Waals surface area contributed by atoms with Gasteiger partial charge in [-0.3, -0.25) is 10.2 Å². The van der Waals surface area contributed by atoms with Crippen LogP contribution in [0.5, 0.6) is 17.2 Å². The number of carbonyl (C=O) groups is 3. The van der Waals surface area contributed by atoms with Crippen molar-refractivity contribution in [3.8, 4) is 17.2 Å². The van der Waals surface area contributed by atoms with Gasteiger partial charge in [0.1, 0.15) is 28.4 Å². The molecule has 14 N–H and O–H groups in total. The highest BCUT2D eigenvalue weighted by Crippen LogP contribution is 2.23. The average molecular weight is 969 g/mol. The number of rotatable bonds is 3. The molecule has 0 aliphatic carbocycles. The Labute approximate surface area is 324 Å². The standard InChI is InChI=1S/C8H8BrN3O2.C8H7BrO3.C7H5BrO3.CH5N3.CH4O.CH4.Cl2OS.ClH/c9-4-1-2-6(13)5(3-4)7(14)12-8(10)11;1-12-8(11)6-4-5(9)2-3-7(6)10;8-4-1-2-6(9)5(3-4)7(10)11;2-1(3)4;1-2;;1-4(2)3;/h1-3,13H,(H4,10,11,12,14);2-4,10H,1H3;1-3,9H,(H,10,11);(H5,2,3,4);2H,1H3;1H4;;1H. The van der Waals surface area contributed by atoms with Gasteiger partial charge in [0.25, 0.3) is 5.91 Å². The van der Waals surface area contributed by atoms with Crippen LogP contribution in [-0.4, -0.2) is 73.7 Å². The van der Waals surface area contributed by atoms with Crippen LogP contribution in [0.3, 0.4) is 0 Å². The lowest BCUT2D eigenvalue weighted by atomic mass is 10.2. The van der Waals surface area contributed by atoms with Crippen molar-refractivity contribution >= 4 is 121 Å². The molecule has 3 aromatic rings. The summed E-state index contributed by atoms with van der Waals surface area (Å²) in [6.07, 6.45) is 0. The van der Waals surface area contributed by atoms with Gasteiger partial charge in [-0.05, 0) is 54.6 Å². The Morgan fingerprint density at radius 3 is 1.35 bits per heavy atom. The number of nitrogens with two attached hydrogens (primary N) is 4. The van der Waals surface area contributed by atoms with Crippen molar-refractivity contribution in [3.63, 3.8) is 0 Å². The van der Waals surface area contributed by atoms with E-state index in [1.54, 1.807) is 18.2 Å². The van der Waals surface area contributed by atoms with E-state index in [1.165, 1.54) is 43.5 Å². The van der Waals surface area contributed by atoms with Gasteiger partial charge in [0.05, 0.1) is 12.7 Å². The number of phenolic OH excluding ortho intramolecular Hbond substituents is 2. The summed E-state index contributed by atoms with van der Waals surface area (Å²) >= 11 is 9.42. The number of aliphatic hydroxyl groups is 1. The molecule has 0 radical (unpaired) electrons. The predicted octanol–water partition coefficient (Wildman–Crippen LogP) is 4.91. The number of hydrogen-bond donors (Lipinski definition) is 10. The number of halogens is 6. The normalized spacial score (nSPS) is 8.51. The van der Waals surface area contributed by atoms with Crippen molar-refractivity contribution in [2.45, 2.75) is 7.43 Å². The van der Waals surface area contributed by atoms with E-state index in [4.69, 9.17) is 36.4 Å². The third-order valence-electron chi connectivity index (χ3n) is 3.97. The molecule has 0 spiro atoms. The third-order valence-corrected chi connectivity index (χ3v) is 5.45. The number of aliphatic hydroxyl groups excluding tert-OH is 1. The minimum Gasteiger partial charge on any atom is -0.507 e. The zero-order chi connectivity index (χ0) is 37.4. The Morgan fingerprint density at radius 2 is 1.06 bits per heavy atom. The number of hydrogen-bond acceptors (Lipinski definition) is 10. The van der Waals surface area contributed by atoms with Gasteiger partial charge in [0, 0.05) is 41.9 Å². The molecule has 3 rings (SSSR count). The van der Waals surface area contributed by atoms with Crippen molar-refractivity contribution in [1.82, 2.24) is 0 Å². The maximum atomic E-state index is 11.3. The van der Waals surface area contributed by atoms with Gasteiger partial charge in [0.2, 0.25) is 9.23 Å². The first-order valence-electron chi connectivity index (χ1n) is 11.4. The van der Waals surface area contributed by atoms with E-state index in [9.17, 15) is 24.6 Å². The van der Waals surface area contributed by atoms with Crippen LogP contribution in [-0.2, 0) is 14.0 Å². The minimum atomic E-state index is -1.67. The number of nitrogens with one attached hydrogen (secondary N) is 1. The summed E-state index contributed by atoms with van der Waals surface area (Å²) in [4.78, 5) is 36.0. The summed E-state index contributed by atoms with van der Waals surface area (Å²) in [6.45, 7) is 0. The van der Waals surface area contributed by atoms with Gasteiger partial charge < -0.3 is 53.2 Å². The maximum absolute atomic E-state index is 11.3. The molecule has 0 fully saturated rings. The van der Waals surface area contributed by atoms with E-state index in [0.29, 0.717) is 8.95 Å². The van der Waals surface area contributed by atoms with Crippen LogP contribution in [0.1, 0.15) is 38.5 Å². The third kappa shape index (κ3) is 28.2. The fraction of sp³-hybridized carbons (Fsp3) is 0.115. The van der Waals surface area contributed by atoms with E-state index >= 15 is 0 Å². The second kappa shape index (κ2) is 30.7. The first-order chi connectivity index (χ1) is 21.7. The summed E-state index contributed by atoms with van der Waals surface area (Å²) in [5, 5.41) is 49.1. The highest BCUT2D eigenvalue weighted by Gasteiger charge is 2.12. The van der Waals surface area contributed by atoms with Crippen LogP contribution in [0.4, 0.5) is 0 Å². The van der Waals surface area contributed by atoms with Crippen molar-refractivity contribution in [1.29, 1.82) is 5.41 Å². The molecule has 276 valence electrons. The number of aromatic hydroxyl groups is 3. The second-order valence-electron chi connectivity index (χ2n) is 7.26. The molecule has 0 heterocycles. The lowest BCUT2D eigenvalue weighted by Crippen LogP contribution is -2.24. The van der Waals surface area contributed by atoms with Crippen molar-refractivity contribution in [2.24, 2.45) is 27.9 Å². The number of aromatic carboxylic acids is 1. The molecule has 0 aliphatic rings. The molecule has 0 aliphatic heterocycles. The number of methoxy groups -OCH3 is 1. The molecule has 3 aromatic carbocycles. The lowest BCUT2D eigenvalue weighted by molar-refractivity contribution is 0.0596. The number of carboxylic acids is 1. The molecule has 0 aromatic heterocycles. The minimum absolute atomic E-state index is 0. The number of carbonyl (C=O) groups excluding carboxylic acids is 2. The molecule has 1 amide bonds. The van der Waals surface area contributed by atoms with Gasteiger partial charge in [-0.15, -0.1) is 12.4 Å². The zero-order valence-corrected chi connectivity index (χ0v) is 32.3. The topological polar surface area (TPSA) is 319 Å². The predicted molar refractivity (Wildman–Crippen MR) is 204 cm³/mol. The van der Waals surface area contributed by atoms with E-state index in [1.807, 2.05) is 0 Å². The van der Waals surface area contributed by atoms with E-state index < -0.39 is 27.1 Å². The van der Waals surface area contributed by atoms with E-state index in [0.717, 1.165) is 11.6 Å². The van der Waals surface area contributed by atoms with Gasteiger partial charge >= 0.3 is 11.9 Å². The number of carboxylic acid groups (broad SMARTS) is 1. The SMILES string of the molecule is C.CO.COC(=O)c1cc(Br)ccc1O.Cl.N=C(N)N.NC(N)=NC(=O)c1cc(Br)ccc1O.O=C(O)c1cc(Br)ccc1O.O=S(Cl)Cl. The molecule has 0 saturated heterocycles. The van der Waals surface area contributed by atoms with Crippen LogP contribution in [0, 0.1) is 5.41 Å². The summed E-state index contributed by atoms with van der Waals surface area (Å²) in [7, 11) is 9.62. The summed E-state index contributed by atoms with van der Waals surface area (Å²) in [5.41, 5.74) is 19.1. The number of phenols is 3. The molecule has 16 nitrogen and oxygen atoms in total. The first kappa shape index (κ1) is 55.1. The molecule has 49 heavy (non-hydrogen) atoms. The summed E-state index contributed by atoms with van der Waals surface area (Å²) in [6, 6.07) is 13.2. The molecule has 0 atom stereocenters. The number of aliphatic imine (C=N–C) groups is 1. The van der Waals surface area contributed by atoms with Gasteiger partial charge in [-0.25, -0.2) is 13.8 Å². The first-order valence-corrected chi connectivity index (χ1v) is 16.6. The van der Waals surface area contributed by atoms with Crippen LogP contribution in [0.25, 0.3) is 0 Å². The molecule has 0 saturated carbocycles. The highest BCUT2D eigenvalue weighted by molar-refractivity contribution is 9.11. The van der Waals surface area contributed by atoms with Crippen LogP contribution in [0.15, 0.2) is 73.0 Å². The Balaban J connectivity index is -0.000000171. The number of esters is 1. The van der Waals surface area contributed by atoms with Crippen molar-refractivity contribution in [3.05, 3.63) is 84.7 Å². The van der Waals surface area contributed by atoms with E-state index in [2.05, 4.69) is 90.4 Å². The summed E-state index contributed by atoms with van der Waals surface area (Å²) < 4.78 is 15.6. The number of benzene rings is 3. The van der Waals surface area contributed by atoms with E-state index in [-0.39, 0.29) is 65.7 Å². The molecular formula is C26H34Br3Cl3N6O10S. The van der Waals surface area contributed by atoms with Gasteiger partial charge in [-0.1, -0.05) is 55.2 Å². The highest BCUT2D eigenvalue weighted by atomic mass is 79.9. The quantitative estimate of drug-likeness (QED) is 0.0722.